The Bertz CT molecular complexity index is 332. The zero-order valence-electron chi connectivity index (χ0n) is 13.4. The summed E-state index contributed by atoms with van der Waals surface area (Å²) in [7, 11) is 0. The molecule has 116 valence electrons. The molecule has 4 heteroatoms. The van der Waals surface area contributed by atoms with E-state index in [0.717, 1.165) is 25.7 Å². The van der Waals surface area contributed by atoms with Gasteiger partial charge in [-0.05, 0) is 52.9 Å². The van der Waals surface area contributed by atoms with Crippen LogP contribution in [-0.2, 0) is 9.53 Å². The second kappa shape index (κ2) is 6.44. The number of amides is 1. The number of hydrogen-bond acceptors (Lipinski definition) is 3. The summed E-state index contributed by atoms with van der Waals surface area (Å²) in [6.07, 6.45) is 4.21. The second-order valence-corrected chi connectivity index (χ2v) is 7.44. The number of nitrogens with zero attached hydrogens (tertiary/aromatic N) is 1. The van der Waals surface area contributed by atoms with Crippen LogP contribution >= 0.6 is 0 Å². The van der Waals surface area contributed by atoms with Crippen molar-refractivity contribution >= 4 is 5.91 Å². The average Bonchev–Trinajstić information content (AvgIpc) is 2.71. The van der Waals surface area contributed by atoms with Gasteiger partial charge in [-0.3, -0.25) is 4.79 Å². The van der Waals surface area contributed by atoms with Crippen LogP contribution in [-0.4, -0.2) is 48.2 Å². The Labute approximate surface area is 123 Å². The zero-order chi connectivity index (χ0) is 14.8. The van der Waals surface area contributed by atoms with Gasteiger partial charge in [-0.15, -0.1) is 0 Å². The first-order valence-electron chi connectivity index (χ1n) is 8.00. The van der Waals surface area contributed by atoms with Crippen molar-refractivity contribution in [3.63, 3.8) is 0 Å². The highest BCUT2D eigenvalue weighted by atomic mass is 16.5. The molecule has 0 aromatic heterocycles. The van der Waals surface area contributed by atoms with Crippen molar-refractivity contribution in [2.45, 2.75) is 71.0 Å². The van der Waals surface area contributed by atoms with Crippen LogP contribution in [0.2, 0.25) is 0 Å². The fourth-order valence-electron chi connectivity index (χ4n) is 3.42. The summed E-state index contributed by atoms with van der Waals surface area (Å²) in [6, 6.07) is 0.799. The lowest BCUT2D eigenvalue weighted by molar-refractivity contribution is -0.131. The van der Waals surface area contributed by atoms with Gasteiger partial charge in [0.05, 0.1) is 0 Å². The molecule has 0 aromatic carbocycles. The van der Waals surface area contributed by atoms with E-state index in [9.17, 15) is 4.79 Å². The maximum Gasteiger partial charge on any atom is 0.224 e. The lowest BCUT2D eigenvalue weighted by atomic mass is 9.93. The fourth-order valence-corrected chi connectivity index (χ4v) is 3.42. The standard InChI is InChI=1S/C16H30N2O2/c1-12(9-13-5-7-20-8-6-13)17-14-10-15(19)18(11-14)16(2,3)4/h12-14,17H,5-11H2,1-4H3/t12-,14-/m1/s1. The molecule has 0 unspecified atom stereocenters. The van der Waals surface area contributed by atoms with Crippen molar-refractivity contribution in [1.82, 2.24) is 10.2 Å². The Morgan fingerprint density at radius 1 is 1.35 bits per heavy atom. The smallest absolute Gasteiger partial charge is 0.224 e. The van der Waals surface area contributed by atoms with Crippen LogP contribution in [0.3, 0.4) is 0 Å². The predicted octanol–water partition coefficient (Wildman–Crippen LogP) is 2.18. The van der Waals surface area contributed by atoms with Crippen molar-refractivity contribution in [2.75, 3.05) is 19.8 Å². The van der Waals surface area contributed by atoms with E-state index in [1.54, 1.807) is 0 Å². The maximum absolute atomic E-state index is 12.1. The molecular weight excluding hydrogens is 252 g/mol. The Morgan fingerprint density at radius 2 is 2.00 bits per heavy atom. The number of likely N-dealkylation sites (tertiary alicyclic amines) is 1. The lowest BCUT2D eigenvalue weighted by Gasteiger charge is -2.32. The summed E-state index contributed by atoms with van der Waals surface area (Å²) in [4.78, 5) is 14.1. The third-order valence-electron chi connectivity index (χ3n) is 4.48. The summed E-state index contributed by atoms with van der Waals surface area (Å²) >= 11 is 0. The summed E-state index contributed by atoms with van der Waals surface area (Å²) in [5.74, 6) is 1.07. The summed E-state index contributed by atoms with van der Waals surface area (Å²) in [5, 5.41) is 3.66. The van der Waals surface area contributed by atoms with Crippen LogP contribution in [0.15, 0.2) is 0 Å². The second-order valence-electron chi connectivity index (χ2n) is 7.44. The Morgan fingerprint density at radius 3 is 2.55 bits per heavy atom. The van der Waals surface area contributed by atoms with Crippen molar-refractivity contribution in [3.05, 3.63) is 0 Å². The van der Waals surface area contributed by atoms with Gasteiger partial charge in [-0.2, -0.15) is 0 Å². The molecule has 0 radical (unpaired) electrons. The molecule has 0 spiro atoms. The van der Waals surface area contributed by atoms with Gasteiger partial charge in [0.25, 0.3) is 0 Å². The minimum Gasteiger partial charge on any atom is -0.381 e. The van der Waals surface area contributed by atoms with Crippen molar-refractivity contribution < 1.29 is 9.53 Å². The highest BCUT2D eigenvalue weighted by Gasteiger charge is 2.36. The van der Waals surface area contributed by atoms with Gasteiger partial charge < -0.3 is 15.0 Å². The highest BCUT2D eigenvalue weighted by Crippen LogP contribution is 2.24. The molecule has 2 rings (SSSR count). The minimum atomic E-state index is -0.0581. The molecule has 4 nitrogen and oxygen atoms in total. The number of hydrogen-bond donors (Lipinski definition) is 1. The monoisotopic (exact) mass is 282 g/mol. The van der Waals surface area contributed by atoms with Crippen LogP contribution in [0.25, 0.3) is 0 Å². The van der Waals surface area contributed by atoms with Crippen LogP contribution in [0.1, 0.15) is 53.4 Å². The van der Waals surface area contributed by atoms with Crippen molar-refractivity contribution in [1.29, 1.82) is 0 Å². The normalized spacial score (nSPS) is 27.1. The zero-order valence-corrected chi connectivity index (χ0v) is 13.4. The summed E-state index contributed by atoms with van der Waals surface area (Å²) < 4.78 is 5.41. The van der Waals surface area contributed by atoms with Gasteiger partial charge in [0.2, 0.25) is 5.91 Å². The molecule has 0 saturated carbocycles. The molecule has 2 aliphatic rings. The quantitative estimate of drug-likeness (QED) is 0.859. The molecule has 0 aromatic rings. The molecule has 1 N–H and O–H groups in total. The van der Waals surface area contributed by atoms with E-state index in [0.29, 0.717) is 18.5 Å². The summed E-state index contributed by atoms with van der Waals surface area (Å²) in [6.45, 7) is 11.3. The molecule has 0 bridgehead atoms. The van der Waals surface area contributed by atoms with E-state index in [2.05, 4.69) is 33.0 Å². The average molecular weight is 282 g/mol. The van der Waals surface area contributed by atoms with E-state index in [1.807, 2.05) is 4.90 Å². The first-order valence-corrected chi connectivity index (χ1v) is 8.00. The van der Waals surface area contributed by atoms with E-state index in [-0.39, 0.29) is 11.4 Å². The Hall–Kier alpha value is -0.610. The molecule has 2 atom stereocenters. The number of carbonyl (C=O) groups excluding carboxylic acids is 1. The lowest BCUT2D eigenvalue weighted by Crippen LogP contribution is -2.45. The minimum absolute atomic E-state index is 0.0581. The van der Waals surface area contributed by atoms with Gasteiger partial charge >= 0.3 is 0 Å². The Kier molecular flexibility index (Phi) is 5.08. The molecule has 2 fully saturated rings. The number of rotatable bonds is 4. The van der Waals surface area contributed by atoms with Crippen molar-refractivity contribution in [3.8, 4) is 0 Å². The van der Waals surface area contributed by atoms with Gasteiger partial charge in [-0.25, -0.2) is 0 Å². The molecule has 2 heterocycles. The SMILES string of the molecule is C[C@H](CC1CCOCC1)N[C@@H]1CC(=O)N(C(C)(C)C)C1. The molecule has 20 heavy (non-hydrogen) atoms. The van der Waals surface area contributed by atoms with Crippen molar-refractivity contribution in [2.24, 2.45) is 5.92 Å². The van der Waals surface area contributed by atoms with Crippen LogP contribution in [0.4, 0.5) is 0 Å². The third kappa shape index (κ3) is 4.19. The number of ether oxygens (including phenoxy) is 1. The first kappa shape index (κ1) is 15.8. The molecule has 2 saturated heterocycles. The molecule has 1 amide bonds. The van der Waals surface area contributed by atoms with Crippen LogP contribution in [0, 0.1) is 5.92 Å². The summed E-state index contributed by atoms with van der Waals surface area (Å²) in [5.41, 5.74) is -0.0581. The number of carbonyl (C=O) groups is 1. The van der Waals surface area contributed by atoms with Gasteiger partial charge in [-0.1, -0.05) is 0 Å². The molecular formula is C16H30N2O2. The molecule has 2 aliphatic heterocycles. The van der Waals surface area contributed by atoms with E-state index in [4.69, 9.17) is 4.74 Å². The third-order valence-corrected chi connectivity index (χ3v) is 4.48. The molecule has 0 aliphatic carbocycles. The predicted molar refractivity (Wildman–Crippen MR) is 80.6 cm³/mol. The number of nitrogens with one attached hydrogen (secondary N) is 1. The van der Waals surface area contributed by atoms with Gasteiger partial charge in [0, 0.05) is 43.8 Å². The first-order chi connectivity index (χ1) is 9.36. The van der Waals surface area contributed by atoms with E-state index in [1.165, 1.54) is 19.3 Å². The maximum atomic E-state index is 12.1. The van der Waals surface area contributed by atoms with Gasteiger partial charge in [0.15, 0.2) is 0 Å². The van der Waals surface area contributed by atoms with Crippen LogP contribution < -0.4 is 5.32 Å². The largest absolute Gasteiger partial charge is 0.381 e. The topological polar surface area (TPSA) is 41.6 Å². The van der Waals surface area contributed by atoms with E-state index < -0.39 is 0 Å². The van der Waals surface area contributed by atoms with Crippen LogP contribution in [0.5, 0.6) is 0 Å². The highest BCUT2D eigenvalue weighted by molar-refractivity contribution is 5.80. The van der Waals surface area contributed by atoms with Gasteiger partial charge in [0.1, 0.15) is 0 Å². The fraction of sp³-hybridized carbons (Fsp3) is 0.938. The Balaban J connectivity index is 1.77. The van der Waals surface area contributed by atoms with E-state index >= 15 is 0 Å².